The van der Waals surface area contributed by atoms with Crippen molar-refractivity contribution in [3.8, 4) is 0 Å². The number of rotatable bonds is 2. The van der Waals surface area contributed by atoms with Crippen LogP contribution in [-0.4, -0.2) is 5.78 Å². The predicted octanol–water partition coefficient (Wildman–Crippen LogP) is 5.24. The van der Waals surface area contributed by atoms with Crippen LogP contribution in [0.25, 0.3) is 0 Å². The van der Waals surface area contributed by atoms with Crippen molar-refractivity contribution in [2.75, 3.05) is 0 Å². The lowest BCUT2D eigenvalue weighted by atomic mass is 10.0. The number of carbonyl (C=O) groups is 1. The summed E-state index contributed by atoms with van der Waals surface area (Å²) in [7, 11) is 0. The van der Waals surface area contributed by atoms with Crippen LogP contribution >= 0.6 is 43.5 Å². The highest BCUT2D eigenvalue weighted by Crippen LogP contribution is 2.31. The molecule has 0 spiro atoms. The van der Waals surface area contributed by atoms with E-state index >= 15 is 0 Å². The molecule has 0 aliphatic rings. The van der Waals surface area contributed by atoms with Gasteiger partial charge in [-0.3, -0.25) is 4.79 Å². The second-order valence-corrected chi connectivity index (χ2v) is 5.73. The Balaban J connectivity index is 2.49. The van der Waals surface area contributed by atoms with E-state index in [9.17, 15) is 9.18 Å². The lowest BCUT2D eigenvalue weighted by Gasteiger charge is -2.06. The first-order valence-corrected chi connectivity index (χ1v) is 6.90. The number of hydrogen-bond acceptors (Lipinski definition) is 1. The molecule has 0 fully saturated rings. The van der Waals surface area contributed by atoms with E-state index in [0.29, 0.717) is 20.6 Å². The Kier molecular flexibility index (Phi) is 4.20. The highest BCUT2D eigenvalue weighted by molar-refractivity contribution is 9.11. The van der Waals surface area contributed by atoms with Gasteiger partial charge in [0.2, 0.25) is 0 Å². The highest BCUT2D eigenvalue weighted by atomic mass is 79.9. The Morgan fingerprint density at radius 1 is 1.11 bits per heavy atom. The maximum absolute atomic E-state index is 12.8. The first-order chi connectivity index (χ1) is 8.49. The first kappa shape index (κ1) is 13.7. The summed E-state index contributed by atoms with van der Waals surface area (Å²) in [5.74, 6) is -0.630. The Bertz CT molecular complexity index is 611. The summed E-state index contributed by atoms with van der Waals surface area (Å²) in [5.41, 5.74) is 0.757. The third-order valence-corrected chi connectivity index (χ3v) is 4.06. The zero-order chi connectivity index (χ0) is 13.3. The van der Waals surface area contributed by atoms with Gasteiger partial charge in [0.15, 0.2) is 5.78 Å². The molecule has 0 aromatic heterocycles. The Hall–Kier alpha value is -0.710. The van der Waals surface area contributed by atoms with Gasteiger partial charge in [-0.15, -0.1) is 0 Å². The lowest BCUT2D eigenvalue weighted by Crippen LogP contribution is -2.02. The summed E-state index contributed by atoms with van der Waals surface area (Å²) in [6.07, 6.45) is 0. The lowest BCUT2D eigenvalue weighted by molar-refractivity contribution is 0.103. The van der Waals surface area contributed by atoms with Crippen LogP contribution in [0.2, 0.25) is 5.02 Å². The molecule has 0 aliphatic carbocycles. The zero-order valence-electron chi connectivity index (χ0n) is 8.88. The maximum atomic E-state index is 12.8. The number of halogens is 4. The van der Waals surface area contributed by atoms with E-state index in [0.717, 1.165) is 4.47 Å². The molecule has 0 unspecified atom stereocenters. The van der Waals surface area contributed by atoms with E-state index in [2.05, 4.69) is 31.9 Å². The van der Waals surface area contributed by atoms with Crippen LogP contribution in [0, 0.1) is 5.82 Å². The monoisotopic (exact) mass is 390 g/mol. The average molecular weight is 392 g/mol. The molecule has 0 saturated carbocycles. The van der Waals surface area contributed by atoms with Gasteiger partial charge in [-0.2, -0.15) is 0 Å². The summed E-state index contributed by atoms with van der Waals surface area (Å²) in [4.78, 5) is 12.2. The molecule has 2 aromatic carbocycles. The minimum Gasteiger partial charge on any atom is -0.289 e. The third kappa shape index (κ3) is 2.82. The number of benzene rings is 2. The molecule has 0 N–H and O–H groups in total. The molecule has 0 radical (unpaired) electrons. The fraction of sp³-hybridized carbons (Fsp3) is 0. The Labute approximate surface area is 125 Å². The summed E-state index contributed by atoms with van der Waals surface area (Å²) in [6, 6.07) is 8.75. The molecular weight excluding hydrogens is 386 g/mol. The van der Waals surface area contributed by atoms with E-state index in [-0.39, 0.29) is 11.6 Å². The van der Waals surface area contributed by atoms with Crippen LogP contribution in [0.4, 0.5) is 4.39 Å². The van der Waals surface area contributed by atoms with Gasteiger partial charge in [-0.1, -0.05) is 27.5 Å². The van der Waals surface area contributed by atoms with Crippen molar-refractivity contribution >= 4 is 49.2 Å². The summed E-state index contributed by atoms with van der Waals surface area (Å²) >= 11 is 12.7. The van der Waals surface area contributed by atoms with E-state index in [4.69, 9.17) is 11.6 Å². The molecule has 2 aromatic rings. The van der Waals surface area contributed by atoms with Crippen LogP contribution < -0.4 is 0 Å². The van der Waals surface area contributed by atoms with E-state index < -0.39 is 0 Å². The average Bonchev–Trinajstić information content (AvgIpc) is 2.34. The Morgan fingerprint density at radius 2 is 1.72 bits per heavy atom. The summed E-state index contributed by atoms with van der Waals surface area (Å²) < 4.78 is 14.2. The van der Waals surface area contributed by atoms with E-state index in [1.54, 1.807) is 12.1 Å². The fourth-order valence-corrected chi connectivity index (χ4v) is 2.90. The largest absolute Gasteiger partial charge is 0.289 e. The van der Waals surface area contributed by atoms with Crippen LogP contribution in [0.15, 0.2) is 45.3 Å². The standard InChI is InChI=1S/C13H6Br2ClFO/c14-8-5-10(12(16)11(15)6-8)13(18)7-1-3-9(17)4-2-7/h1-6H. The first-order valence-electron chi connectivity index (χ1n) is 4.94. The number of carbonyl (C=O) groups excluding carboxylic acids is 1. The second-order valence-electron chi connectivity index (χ2n) is 3.59. The SMILES string of the molecule is O=C(c1ccc(F)cc1)c1cc(Br)cc(Br)c1Cl. The molecule has 5 heteroatoms. The minimum atomic E-state index is -0.381. The maximum Gasteiger partial charge on any atom is 0.194 e. The highest BCUT2D eigenvalue weighted by Gasteiger charge is 2.15. The molecule has 1 nitrogen and oxygen atoms in total. The van der Waals surface area contributed by atoms with Gasteiger partial charge in [-0.05, 0) is 52.3 Å². The van der Waals surface area contributed by atoms with E-state index in [1.165, 1.54) is 24.3 Å². The summed E-state index contributed by atoms with van der Waals surface area (Å²) in [6.45, 7) is 0. The molecule has 2 rings (SSSR count). The van der Waals surface area contributed by atoms with Crippen molar-refractivity contribution in [1.29, 1.82) is 0 Å². The molecule has 0 bridgehead atoms. The van der Waals surface area contributed by atoms with Gasteiger partial charge in [0.05, 0.1) is 5.02 Å². The number of ketones is 1. The molecule has 0 saturated heterocycles. The smallest absolute Gasteiger partial charge is 0.194 e. The molecule has 0 atom stereocenters. The molecule has 0 heterocycles. The molecule has 0 amide bonds. The minimum absolute atomic E-state index is 0.248. The van der Waals surface area contributed by atoms with Crippen LogP contribution in [-0.2, 0) is 0 Å². The van der Waals surface area contributed by atoms with Gasteiger partial charge in [-0.25, -0.2) is 4.39 Å². The van der Waals surface area contributed by atoms with Crippen molar-refractivity contribution in [2.45, 2.75) is 0 Å². The van der Waals surface area contributed by atoms with Gasteiger partial charge in [0.25, 0.3) is 0 Å². The quantitative estimate of drug-likeness (QED) is 0.505. The topological polar surface area (TPSA) is 17.1 Å². The predicted molar refractivity (Wildman–Crippen MR) is 76.7 cm³/mol. The van der Waals surface area contributed by atoms with Gasteiger partial charge in [0.1, 0.15) is 5.82 Å². The second kappa shape index (κ2) is 5.51. The normalized spacial score (nSPS) is 10.4. The van der Waals surface area contributed by atoms with Gasteiger partial charge in [0, 0.05) is 20.1 Å². The van der Waals surface area contributed by atoms with Crippen LogP contribution in [0.1, 0.15) is 15.9 Å². The molecular formula is C13H6Br2ClFO. The Morgan fingerprint density at radius 3 is 2.33 bits per heavy atom. The van der Waals surface area contributed by atoms with E-state index in [1.807, 2.05) is 0 Å². The van der Waals surface area contributed by atoms with Gasteiger partial charge >= 0.3 is 0 Å². The van der Waals surface area contributed by atoms with Crippen LogP contribution in [0.5, 0.6) is 0 Å². The van der Waals surface area contributed by atoms with Crippen molar-refractivity contribution in [3.63, 3.8) is 0 Å². The van der Waals surface area contributed by atoms with Gasteiger partial charge < -0.3 is 0 Å². The van der Waals surface area contributed by atoms with Crippen molar-refractivity contribution in [3.05, 3.63) is 67.3 Å². The molecule has 92 valence electrons. The van der Waals surface area contributed by atoms with Crippen molar-refractivity contribution < 1.29 is 9.18 Å². The number of hydrogen-bond donors (Lipinski definition) is 0. The fourth-order valence-electron chi connectivity index (χ4n) is 1.48. The molecule has 18 heavy (non-hydrogen) atoms. The van der Waals surface area contributed by atoms with Crippen molar-refractivity contribution in [1.82, 2.24) is 0 Å². The van der Waals surface area contributed by atoms with Crippen molar-refractivity contribution in [2.24, 2.45) is 0 Å². The zero-order valence-corrected chi connectivity index (χ0v) is 12.8. The summed E-state index contributed by atoms with van der Waals surface area (Å²) in [5, 5.41) is 0.340. The van der Waals surface area contributed by atoms with Crippen LogP contribution in [0.3, 0.4) is 0 Å². The molecule has 0 aliphatic heterocycles. The third-order valence-electron chi connectivity index (χ3n) is 2.34.